The molecule has 0 fully saturated rings. The van der Waals surface area contributed by atoms with Gasteiger partial charge in [-0.1, -0.05) is 15.9 Å². The Bertz CT molecular complexity index is 83.5. The molecule has 0 aliphatic carbocycles. The summed E-state index contributed by atoms with van der Waals surface area (Å²) in [5, 5.41) is 3.01. The molecule has 0 aliphatic rings. The van der Waals surface area contributed by atoms with Gasteiger partial charge >= 0.3 is 6.18 Å². The number of hydrogen-bond acceptors (Lipinski definition) is 1. The van der Waals surface area contributed by atoms with Crippen molar-refractivity contribution in [2.75, 3.05) is 18.4 Å². The van der Waals surface area contributed by atoms with Crippen molar-refractivity contribution in [2.24, 2.45) is 0 Å². The van der Waals surface area contributed by atoms with Gasteiger partial charge in [0.25, 0.3) is 0 Å². The maximum absolute atomic E-state index is 11.4. The lowest BCUT2D eigenvalue weighted by Crippen LogP contribution is -2.29. The molecule has 0 aromatic rings. The highest BCUT2D eigenvalue weighted by Gasteiger charge is 2.25. The van der Waals surface area contributed by atoms with Crippen LogP contribution < -0.4 is 5.32 Å². The maximum atomic E-state index is 11.4. The van der Waals surface area contributed by atoms with Gasteiger partial charge in [-0.25, -0.2) is 0 Å². The average molecular weight is 220 g/mol. The fraction of sp³-hybridized carbons (Fsp3) is 1.00. The lowest BCUT2D eigenvalue weighted by atomic mass is 10.5. The Morgan fingerprint density at radius 1 is 1.30 bits per heavy atom. The van der Waals surface area contributed by atoms with Crippen LogP contribution in [0, 0.1) is 0 Å². The van der Waals surface area contributed by atoms with E-state index in [-0.39, 0.29) is 0 Å². The molecule has 0 bridgehead atoms. The van der Waals surface area contributed by atoms with Gasteiger partial charge in [-0.2, -0.15) is 13.2 Å². The Morgan fingerprint density at radius 2 is 1.90 bits per heavy atom. The standard InChI is InChI=1S/C5H9BrF3N/c6-2-1-3-10-4-5(7,8)9/h10H,1-4H2. The van der Waals surface area contributed by atoms with Gasteiger partial charge in [0.1, 0.15) is 0 Å². The molecule has 0 unspecified atom stereocenters. The quantitative estimate of drug-likeness (QED) is 0.563. The van der Waals surface area contributed by atoms with E-state index in [4.69, 9.17) is 0 Å². The van der Waals surface area contributed by atoms with Crippen LogP contribution in [0.1, 0.15) is 6.42 Å². The third-order valence-corrected chi connectivity index (χ3v) is 1.37. The molecule has 0 radical (unpaired) electrons. The van der Waals surface area contributed by atoms with E-state index >= 15 is 0 Å². The van der Waals surface area contributed by atoms with Gasteiger partial charge in [-0.05, 0) is 13.0 Å². The average Bonchev–Trinajstić information content (AvgIpc) is 1.78. The topological polar surface area (TPSA) is 12.0 Å². The van der Waals surface area contributed by atoms with Crippen LogP contribution in [0.3, 0.4) is 0 Å². The van der Waals surface area contributed by atoms with Gasteiger partial charge in [-0.3, -0.25) is 0 Å². The lowest BCUT2D eigenvalue weighted by molar-refractivity contribution is -0.124. The summed E-state index contributed by atoms with van der Waals surface area (Å²) in [6.07, 6.45) is -3.36. The molecule has 1 nitrogen and oxygen atoms in total. The first-order chi connectivity index (χ1) is 4.56. The van der Waals surface area contributed by atoms with Crippen molar-refractivity contribution in [3.05, 3.63) is 0 Å². The molecule has 1 N–H and O–H groups in total. The van der Waals surface area contributed by atoms with Crippen molar-refractivity contribution < 1.29 is 13.2 Å². The maximum Gasteiger partial charge on any atom is 0.401 e. The van der Waals surface area contributed by atoms with Crippen LogP contribution in [-0.4, -0.2) is 24.6 Å². The predicted octanol–water partition coefficient (Wildman–Crippen LogP) is 1.92. The molecule has 0 rings (SSSR count). The molecule has 0 heterocycles. The summed E-state index contributed by atoms with van der Waals surface area (Å²) in [6, 6.07) is 0. The van der Waals surface area contributed by atoms with Crippen LogP contribution in [0.5, 0.6) is 0 Å². The number of halogens is 4. The first kappa shape index (κ1) is 10.2. The van der Waals surface area contributed by atoms with Crippen LogP contribution in [0.15, 0.2) is 0 Å². The second kappa shape index (κ2) is 4.96. The van der Waals surface area contributed by atoms with E-state index < -0.39 is 12.7 Å². The number of alkyl halides is 4. The molecule has 0 spiro atoms. The smallest absolute Gasteiger partial charge is 0.309 e. The summed E-state index contributed by atoms with van der Waals surface area (Å²) in [7, 11) is 0. The highest BCUT2D eigenvalue weighted by molar-refractivity contribution is 9.09. The molecule has 0 amide bonds. The number of hydrogen-bond donors (Lipinski definition) is 1. The molecule has 0 atom stereocenters. The summed E-state index contributed by atoms with van der Waals surface area (Å²) in [4.78, 5) is 0. The van der Waals surface area contributed by atoms with E-state index in [9.17, 15) is 13.2 Å². The highest BCUT2D eigenvalue weighted by atomic mass is 79.9. The van der Waals surface area contributed by atoms with Crippen molar-refractivity contribution in [1.29, 1.82) is 0 Å². The van der Waals surface area contributed by atoms with Gasteiger partial charge in [-0.15, -0.1) is 0 Å². The summed E-state index contributed by atoms with van der Waals surface area (Å²) >= 11 is 3.11. The Morgan fingerprint density at radius 3 is 2.30 bits per heavy atom. The zero-order chi connectivity index (χ0) is 8.04. The van der Waals surface area contributed by atoms with Crippen molar-refractivity contribution in [3.8, 4) is 0 Å². The predicted molar refractivity (Wildman–Crippen MR) is 37.3 cm³/mol. The first-order valence-corrected chi connectivity index (χ1v) is 4.02. The minimum Gasteiger partial charge on any atom is -0.309 e. The Balaban J connectivity index is 3.04. The summed E-state index contributed by atoms with van der Waals surface area (Å²) in [5.41, 5.74) is 0. The molecule has 0 aromatic carbocycles. The van der Waals surface area contributed by atoms with E-state index in [0.29, 0.717) is 6.54 Å². The van der Waals surface area contributed by atoms with Crippen LogP contribution in [0.4, 0.5) is 13.2 Å². The van der Waals surface area contributed by atoms with Crippen LogP contribution in [0.25, 0.3) is 0 Å². The van der Waals surface area contributed by atoms with Crippen molar-refractivity contribution in [3.63, 3.8) is 0 Å². The molecule has 0 saturated carbocycles. The molecule has 0 aromatic heterocycles. The SMILES string of the molecule is FC(F)(F)CNCCCBr. The van der Waals surface area contributed by atoms with Crippen LogP contribution in [-0.2, 0) is 0 Å². The second-order valence-electron chi connectivity index (χ2n) is 1.83. The molecule has 0 aliphatic heterocycles. The molecule has 5 heteroatoms. The monoisotopic (exact) mass is 219 g/mol. The molecule has 62 valence electrons. The van der Waals surface area contributed by atoms with Crippen molar-refractivity contribution >= 4 is 15.9 Å². The summed E-state index contributed by atoms with van der Waals surface area (Å²) < 4.78 is 34.2. The number of rotatable bonds is 4. The Hall–Kier alpha value is 0.230. The van der Waals surface area contributed by atoms with Gasteiger partial charge in [0.05, 0.1) is 6.54 Å². The van der Waals surface area contributed by atoms with Gasteiger partial charge < -0.3 is 5.32 Å². The Labute approximate surface area is 66.1 Å². The van der Waals surface area contributed by atoms with Crippen molar-refractivity contribution in [2.45, 2.75) is 12.6 Å². The molecular weight excluding hydrogens is 211 g/mol. The summed E-state index contributed by atoms with van der Waals surface area (Å²) in [6.45, 7) is -0.481. The highest BCUT2D eigenvalue weighted by Crippen LogP contribution is 2.11. The van der Waals surface area contributed by atoms with E-state index in [0.717, 1.165) is 11.8 Å². The van der Waals surface area contributed by atoms with Crippen molar-refractivity contribution in [1.82, 2.24) is 5.32 Å². The number of nitrogens with one attached hydrogen (secondary N) is 1. The van der Waals surface area contributed by atoms with Gasteiger partial charge in [0.15, 0.2) is 0 Å². The second-order valence-corrected chi connectivity index (χ2v) is 2.63. The van der Waals surface area contributed by atoms with E-state index in [1.54, 1.807) is 0 Å². The van der Waals surface area contributed by atoms with Gasteiger partial charge in [0.2, 0.25) is 0 Å². The minimum absolute atomic E-state index is 0.408. The third kappa shape index (κ3) is 8.23. The van der Waals surface area contributed by atoms with Crippen LogP contribution >= 0.6 is 15.9 Å². The zero-order valence-corrected chi connectivity index (χ0v) is 6.93. The van der Waals surface area contributed by atoms with E-state index in [1.165, 1.54) is 0 Å². The van der Waals surface area contributed by atoms with E-state index in [1.807, 2.05) is 0 Å². The molecule has 10 heavy (non-hydrogen) atoms. The zero-order valence-electron chi connectivity index (χ0n) is 5.34. The molecule has 0 saturated heterocycles. The first-order valence-electron chi connectivity index (χ1n) is 2.89. The third-order valence-electron chi connectivity index (χ3n) is 0.813. The normalized spacial score (nSPS) is 12.0. The fourth-order valence-electron chi connectivity index (χ4n) is 0.422. The summed E-state index contributed by atoms with van der Waals surface area (Å²) in [5.74, 6) is 0. The van der Waals surface area contributed by atoms with Crippen LogP contribution in [0.2, 0.25) is 0 Å². The molecular formula is C5H9BrF3N. The van der Waals surface area contributed by atoms with Gasteiger partial charge in [0, 0.05) is 5.33 Å². The fourth-order valence-corrected chi connectivity index (χ4v) is 0.702. The lowest BCUT2D eigenvalue weighted by Gasteiger charge is -2.06. The minimum atomic E-state index is -4.08. The Kier molecular flexibility index (Phi) is 5.07. The largest absolute Gasteiger partial charge is 0.401 e. The van der Waals surface area contributed by atoms with E-state index in [2.05, 4.69) is 21.2 Å².